The van der Waals surface area contributed by atoms with Gasteiger partial charge in [0.05, 0.1) is 11.9 Å². The van der Waals surface area contributed by atoms with Gasteiger partial charge in [0.1, 0.15) is 11.6 Å². The molecule has 0 aliphatic heterocycles. The number of anilines is 1. The zero-order valence-corrected chi connectivity index (χ0v) is 12.7. The van der Waals surface area contributed by atoms with Crippen molar-refractivity contribution in [1.82, 2.24) is 19.7 Å². The molecule has 0 aliphatic rings. The molecular formula is C15H23N5. The van der Waals surface area contributed by atoms with Gasteiger partial charge in [-0.1, -0.05) is 20.8 Å². The lowest BCUT2D eigenvalue weighted by Crippen LogP contribution is -2.07. The molecule has 0 spiro atoms. The minimum atomic E-state index is 0.304. The molecule has 2 rings (SSSR count). The van der Waals surface area contributed by atoms with Gasteiger partial charge in [-0.2, -0.15) is 5.10 Å². The molecular weight excluding hydrogens is 250 g/mol. The first-order valence-electron chi connectivity index (χ1n) is 7.29. The summed E-state index contributed by atoms with van der Waals surface area (Å²) in [5, 5.41) is 7.66. The van der Waals surface area contributed by atoms with Crippen LogP contribution < -0.4 is 5.32 Å². The van der Waals surface area contributed by atoms with Crippen LogP contribution in [0.4, 0.5) is 5.82 Å². The fourth-order valence-electron chi connectivity index (χ4n) is 1.88. The van der Waals surface area contributed by atoms with E-state index in [-0.39, 0.29) is 0 Å². The van der Waals surface area contributed by atoms with Crippen molar-refractivity contribution < 1.29 is 0 Å². The van der Waals surface area contributed by atoms with Crippen LogP contribution in [0.25, 0.3) is 11.3 Å². The minimum absolute atomic E-state index is 0.304. The third kappa shape index (κ3) is 3.35. The van der Waals surface area contributed by atoms with Crippen molar-refractivity contribution in [3.05, 3.63) is 24.3 Å². The molecule has 0 aromatic carbocycles. The SMILES string of the molecule is CCCNc1cc(-c2cnn(CC)c2)nc(C(C)C)n1. The lowest BCUT2D eigenvalue weighted by Gasteiger charge is -2.10. The molecule has 0 bridgehead atoms. The second-order valence-electron chi connectivity index (χ2n) is 5.16. The number of aryl methyl sites for hydroxylation is 1. The van der Waals surface area contributed by atoms with E-state index < -0.39 is 0 Å². The number of hydrogen-bond donors (Lipinski definition) is 1. The van der Waals surface area contributed by atoms with Crippen molar-refractivity contribution in [2.75, 3.05) is 11.9 Å². The van der Waals surface area contributed by atoms with Crippen LogP contribution in [0.1, 0.15) is 45.9 Å². The van der Waals surface area contributed by atoms with E-state index in [4.69, 9.17) is 0 Å². The first-order valence-corrected chi connectivity index (χ1v) is 7.29. The van der Waals surface area contributed by atoms with Crippen LogP contribution >= 0.6 is 0 Å². The molecule has 2 aromatic rings. The number of rotatable bonds is 6. The number of hydrogen-bond acceptors (Lipinski definition) is 4. The minimum Gasteiger partial charge on any atom is -0.370 e. The second kappa shape index (κ2) is 6.50. The van der Waals surface area contributed by atoms with Gasteiger partial charge in [-0.05, 0) is 13.3 Å². The average molecular weight is 273 g/mol. The molecule has 0 saturated heterocycles. The molecule has 0 amide bonds. The van der Waals surface area contributed by atoms with E-state index >= 15 is 0 Å². The van der Waals surface area contributed by atoms with Gasteiger partial charge in [0.25, 0.3) is 0 Å². The molecule has 2 aromatic heterocycles. The Labute approximate surface area is 120 Å². The molecule has 0 saturated carbocycles. The van der Waals surface area contributed by atoms with Gasteiger partial charge < -0.3 is 5.32 Å². The van der Waals surface area contributed by atoms with Crippen molar-refractivity contribution in [1.29, 1.82) is 0 Å². The van der Waals surface area contributed by atoms with Crippen molar-refractivity contribution in [3.8, 4) is 11.3 Å². The van der Waals surface area contributed by atoms with Crippen LogP contribution in [0.15, 0.2) is 18.5 Å². The van der Waals surface area contributed by atoms with Gasteiger partial charge in [-0.15, -0.1) is 0 Å². The predicted molar refractivity (Wildman–Crippen MR) is 81.8 cm³/mol. The van der Waals surface area contributed by atoms with E-state index in [1.54, 1.807) is 0 Å². The molecule has 5 nitrogen and oxygen atoms in total. The van der Waals surface area contributed by atoms with Gasteiger partial charge >= 0.3 is 0 Å². The Morgan fingerprint density at radius 1 is 1.25 bits per heavy atom. The van der Waals surface area contributed by atoms with Gasteiger partial charge in [0.2, 0.25) is 0 Å². The van der Waals surface area contributed by atoms with Gasteiger partial charge in [0.15, 0.2) is 0 Å². The third-order valence-electron chi connectivity index (χ3n) is 3.07. The van der Waals surface area contributed by atoms with Gasteiger partial charge in [0, 0.05) is 36.8 Å². The number of nitrogens with zero attached hydrogens (tertiary/aromatic N) is 4. The first-order chi connectivity index (χ1) is 9.63. The second-order valence-corrected chi connectivity index (χ2v) is 5.16. The Morgan fingerprint density at radius 2 is 2.05 bits per heavy atom. The van der Waals surface area contributed by atoms with Crippen LogP contribution in [0.2, 0.25) is 0 Å². The topological polar surface area (TPSA) is 55.6 Å². The van der Waals surface area contributed by atoms with Crippen molar-refractivity contribution >= 4 is 5.82 Å². The normalized spacial score (nSPS) is 11.1. The monoisotopic (exact) mass is 273 g/mol. The lowest BCUT2D eigenvalue weighted by molar-refractivity contribution is 0.660. The molecule has 20 heavy (non-hydrogen) atoms. The molecule has 0 atom stereocenters. The highest BCUT2D eigenvalue weighted by molar-refractivity contribution is 5.61. The van der Waals surface area contributed by atoms with Crippen LogP contribution in [0.3, 0.4) is 0 Å². The summed E-state index contributed by atoms with van der Waals surface area (Å²) >= 11 is 0. The summed E-state index contributed by atoms with van der Waals surface area (Å²) in [6.45, 7) is 10.2. The summed E-state index contributed by atoms with van der Waals surface area (Å²) in [7, 11) is 0. The molecule has 0 aliphatic carbocycles. The van der Waals surface area contributed by atoms with E-state index in [9.17, 15) is 0 Å². The summed E-state index contributed by atoms with van der Waals surface area (Å²) in [4.78, 5) is 9.23. The maximum Gasteiger partial charge on any atom is 0.133 e. The van der Waals surface area contributed by atoms with Crippen LogP contribution in [0, 0.1) is 0 Å². The zero-order valence-electron chi connectivity index (χ0n) is 12.7. The largest absolute Gasteiger partial charge is 0.370 e. The Bertz CT molecular complexity index is 559. The maximum absolute atomic E-state index is 4.65. The van der Waals surface area contributed by atoms with Crippen LogP contribution in [-0.4, -0.2) is 26.3 Å². The highest BCUT2D eigenvalue weighted by atomic mass is 15.3. The van der Waals surface area contributed by atoms with Crippen LogP contribution in [0.5, 0.6) is 0 Å². The summed E-state index contributed by atoms with van der Waals surface area (Å²) in [6, 6.07) is 2.00. The van der Waals surface area contributed by atoms with Crippen molar-refractivity contribution in [2.45, 2.75) is 46.6 Å². The molecule has 108 valence electrons. The average Bonchev–Trinajstić information content (AvgIpc) is 2.93. The van der Waals surface area contributed by atoms with Crippen LogP contribution in [-0.2, 0) is 6.54 Å². The van der Waals surface area contributed by atoms with E-state index in [1.807, 2.05) is 23.1 Å². The quantitative estimate of drug-likeness (QED) is 0.877. The fourth-order valence-corrected chi connectivity index (χ4v) is 1.88. The molecule has 0 unspecified atom stereocenters. The molecule has 1 N–H and O–H groups in total. The maximum atomic E-state index is 4.65. The fraction of sp³-hybridized carbons (Fsp3) is 0.533. The van der Waals surface area contributed by atoms with E-state index in [0.29, 0.717) is 5.92 Å². The summed E-state index contributed by atoms with van der Waals surface area (Å²) in [5.41, 5.74) is 1.97. The Morgan fingerprint density at radius 3 is 2.65 bits per heavy atom. The Kier molecular flexibility index (Phi) is 4.71. The number of aromatic nitrogens is 4. The van der Waals surface area contributed by atoms with E-state index in [2.05, 4.69) is 48.1 Å². The summed E-state index contributed by atoms with van der Waals surface area (Å²) in [6.07, 6.45) is 4.96. The summed E-state index contributed by atoms with van der Waals surface area (Å²) < 4.78 is 1.91. The Balaban J connectivity index is 2.37. The highest BCUT2D eigenvalue weighted by Crippen LogP contribution is 2.22. The zero-order chi connectivity index (χ0) is 14.5. The molecule has 5 heteroatoms. The molecule has 2 heterocycles. The predicted octanol–water partition coefficient (Wildman–Crippen LogP) is 3.31. The third-order valence-corrected chi connectivity index (χ3v) is 3.07. The van der Waals surface area contributed by atoms with E-state index in [1.165, 1.54) is 0 Å². The Hall–Kier alpha value is -1.91. The van der Waals surface area contributed by atoms with Gasteiger partial charge in [-0.25, -0.2) is 9.97 Å². The highest BCUT2D eigenvalue weighted by Gasteiger charge is 2.10. The van der Waals surface area contributed by atoms with E-state index in [0.717, 1.165) is 42.4 Å². The first kappa shape index (κ1) is 14.5. The lowest BCUT2D eigenvalue weighted by atomic mass is 10.2. The van der Waals surface area contributed by atoms with Crippen molar-refractivity contribution in [3.63, 3.8) is 0 Å². The molecule has 0 fully saturated rings. The smallest absolute Gasteiger partial charge is 0.133 e. The summed E-state index contributed by atoms with van der Waals surface area (Å²) in [5.74, 6) is 2.06. The van der Waals surface area contributed by atoms with Gasteiger partial charge in [-0.3, -0.25) is 4.68 Å². The number of nitrogens with one attached hydrogen (secondary N) is 1. The standard InChI is InChI=1S/C15H23N5/c1-5-7-16-14-8-13(18-15(19-14)11(3)4)12-9-17-20(6-2)10-12/h8-11H,5-7H2,1-4H3,(H,16,18,19). The molecule has 0 radical (unpaired) electrons. The van der Waals surface area contributed by atoms with Crippen molar-refractivity contribution in [2.24, 2.45) is 0 Å².